The van der Waals surface area contributed by atoms with Crippen molar-refractivity contribution in [1.29, 1.82) is 0 Å². The van der Waals surface area contributed by atoms with Gasteiger partial charge in [-0.1, -0.05) is 0 Å². The number of fused-ring (bicyclic) bond motifs is 3. The minimum absolute atomic E-state index is 0.0786. The maximum Gasteiger partial charge on any atom is 0.260 e. The van der Waals surface area contributed by atoms with E-state index >= 15 is 0 Å². The Bertz CT molecular complexity index is 1760. The summed E-state index contributed by atoms with van der Waals surface area (Å²) >= 11 is 1.10. The molecule has 1 aliphatic heterocycles. The molecule has 1 aromatic carbocycles. The molecule has 1 saturated heterocycles. The van der Waals surface area contributed by atoms with E-state index in [0.717, 1.165) is 17.2 Å². The molecule has 2 unspecified atom stereocenters. The molecule has 5 aromatic rings. The van der Waals surface area contributed by atoms with Gasteiger partial charge in [0.1, 0.15) is 17.7 Å². The number of H-pyrrole nitrogens is 1. The zero-order valence-corrected chi connectivity index (χ0v) is 21.1. The van der Waals surface area contributed by atoms with Crippen LogP contribution in [0.25, 0.3) is 26.7 Å². The first-order valence-electron chi connectivity index (χ1n) is 11.6. The summed E-state index contributed by atoms with van der Waals surface area (Å²) in [5, 5.41) is 16.7. The molecule has 0 aliphatic carbocycles. The Morgan fingerprint density at radius 3 is 2.95 bits per heavy atom. The van der Waals surface area contributed by atoms with E-state index in [0.29, 0.717) is 44.2 Å². The Labute approximate surface area is 218 Å². The zero-order chi connectivity index (χ0) is 26.6. The third-order valence-electron chi connectivity index (χ3n) is 6.37. The first-order chi connectivity index (χ1) is 18.4. The summed E-state index contributed by atoms with van der Waals surface area (Å²) < 4.78 is 17.2. The number of ether oxygens (including phenoxy) is 2. The Morgan fingerprint density at radius 2 is 2.13 bits per heavy atom. The van der Waals surface area contributed by atoms with Crippen LogP contribution in [0.1, 0.15) is 17.6 Å². The van der Waals surface area contributed by atoms with E-state index in [-0.39, 0.29) is 19.0 Å². The summed E-state index contributed by atoms with van der Waals surface area (Å²) in [4.78, 5) is 39.0. The Hall–Kier alpha value is -4.40. The number of nitrogens with two attached hydrogens (primary N) is 1. The van der Waals surface area contributed by atoms with Crippen molar-refractivity contribution in [3.05, 3.63) is 58.4 Å². The van der Waals surface area contributed by atoms with Crippen molar-refractivity contribution >= 4 is 50.1 Å². The topological polar surface area (TPSA) is 174 Å². The lowest BCUT2D eigenvalue weighted by Gasteiger charge is -2.32. The van der Waals surface area contributed by atoms with Crippen LogP contribution in [0.3, 0.4) is 0 Å². The number of pyridine rings is 1. The number of anilines is 2. The average molecular weight is 535 g/mol. The van der Waals surface area contributed by atoms with Gasteiger partial charge in [-0.25, -0.2) is 14.6 Å². The number of aromatic amines is 1. The lowest BCUT2D eigenvalue weighted by Crippen LogP contribution is -2.50. The summed E-state index contributed by atoms with van der Waals surface area (Å²) in [6.07, 6.45) is -1.20. The van der Waals surface area contributed by atoms with E-state index in [1.807, 2.05) is 6.92 Å². The number of carbonyl (C=O) groups excluding carboxylic acids is 1. The molecule has 0 bridgehead atoms. The molecule has 0 spiro atoms. The smallest absolute Gasteiger partial charge is 0.260 e. The molecule has 6 rings (SSSR count). The second-order valence-corrected chi connectivity index (χ2v) is 9.47. The molecule has 0 radical (unpaired) electrons. The Balaban J connectivity index is 1.31. The molecule has 14 heteroatoms. The van der Waals surface area contributed by atoms with Gasteiger partial charge >= 0.3 is 0 Å². The second-order valence-electron chi connectivity index (χ2n) is 8.69. The fourth-order valence-electron chi connectivity index (χ4n) is 4.50. The number of aromatic nitrogens is 6. The molecule has 2 atom stereocenters. The lowest BCUT2D eigenvalue weighted by molar-refractivity contribution is -0.143. The maximum absolute atomic E-state index is 13.4. The zero-order valence-electron chi connectivity index (χ0n) is 20.3. The fourth-order valence-corrected chi connectivity index (χ4v) is 5.35. The predicted molar refractivity (Wildman–Crippen MR) is 140 cm³/mol. The number of benzene rings is 1. The normalized spacial score (nSPS) is 16.9. The highest BCUT2D eigenvalue weighted by Gasteiger charge is 2.39. The fraction of sp³-hybridized carbons (Fsp3) is 0.250. The van der Waals surface area contributed by atoms with Crippen molar-refractivity contribution in [3.8, 4) is 11.6 Å². The van der Waals surface area contributed by atoms with E-state index in [4.69, 9.17) is 15.2 Å². The number of nitrogens with zero attached hydrogens (tertiary/aromatic N) is 6. The van der Waals surface area contributed by atoms with E-state index < -0.39 is 23.7 Å². The van der Waals surface area contributed by atoms with E-state index in [1.165, 1.54) is 12.0 Å². The van der Waals surface area contributed by atoms with Gasteiger partial charge in [-0.15, -0.1) is 5.10 Å². The van der Waals surface area contributed by atoms with Gasteiger partial charge in [0.2, 0.25) is 5.88 Å². The molecule has 1 amide bonds. The number of amides is 1. The van der Waals surface area contributed by atoms with Crippen LogP contribution in [0.4, 0.5) is 11.6 Å². The van der Waals surface area contributed by atoms with Crippen molar-refractivity contribution in [2.45, 2.75) is 19.1 Å². The van der Waals surface area contributed by atoms with Crippen molar-refractivity contribution in [2.24, 2.45) is 0 Å². The molecular weight excluding hydrogens is 512 g/mol. The van der Waals surface area contributed by atoms with Crippen LogP contribution in [0.15, 0.2) is 41.3 Å². The molecule has 194 valence electrons. The number of nitrogens with one attached hydrogen (secondary N) is 1. The molecule has 4 N–H and O–H groups in total. The largest absolute Gasteiger partial charge is 0.481 e. The molecule has 1 aliphatic rings. The number of aliphatic hydroxyl groups is 1. The van der Waals surface area contributed by atoms with Crippen LogP contribution in [0, 0.1) is 6.92 Å². The number of hydrogen-bond acceptors (Lipinski definition) is 11. The monoisotopic (exact) mass is 534 g/mol. The van der Waals surface area contributed by atoms with Crippen molar-refractivity contribution < 1.29 is 19.4 Å². The standard InChI is InChI=1S/C24H22N8O5S/c1-11-9-15(29-32(11)12-5-6-26-16(10-12)36-2)31-7-8-37-19(24(31)35)18(33)22-27-14-4-3-13-20(38-30-21(13)25)17(14)23(34)28-22/h3-6,9-10,18-19,33H,7-8H2,1-2H3,(H2,25,30)(H,27,28,34). The van der Waals surface area contributed by atoms with E-state index in [1.54, 1.807) is 41.2 Å². The molecule has 0 saturated carbocycles. The van der Waals surface area contributed by atoms with Gasteiger partial charge < -0.3 is 25.3 Å². The van der Waals surface area contributed by atoms with Crippen LogP contribution < -0.4 is 20.9 Å². The number of hydrogen-bond donors (Lipinski definition) is 3. The van der Waals surface area contributed by atoms with Gasteiger partial charge in [-0.3, -0.25) is 14.5 Å². The van der Waals surface area contributed by atoms with E-state index in [2.05, 4.69) is 24.4 Å². The number of methoxy groups -OCH3 is 1. The van der Waals surface area contributed by atoms with Crippen LogP contribution in [0.2, 0.25) is 0 Å². The SMILES string of the molecule is COc1cc(-n2nc(N3CCOC(C(O)c4nc5ccc6c(N)nsc6c5c(=O)[nH]4)C3=O)cc2C)ccn1. The Kier molecular flexibility index (Phi) is 5.78. The summed E-state index contributed by atoms with van der Waals surface area (Å²) in [7, 11) is 1.53. The number of aryl methyl sites for hydroxylation is 1. The van der Waals surface area contributed by atoms with E-state index in [9.17, 15) is 14.7 Å². The summed E-state index contributed by atoms with van der Waals surface area (Å²) in [6, 6.07) is 8.62. The number of morpholine rings is 1. The predicted octanol–water partition coefficient (Wildman–Crippen LogP) is 1.48. The first-order valence-corrected chi connectivity index (χ1v) is 12.4. The van der Waals surface area contributed by atoms with Crippen molar-refractivity contribution in [2.75, 3.05) is 30.9 Å². The molecule has 1 fully saturated rings. The average Bonchev–Trinajstić information content (AvgIpc) is 3.50. The van der Waals surface area contributed by atoms with Gasteiger partial charge in [-0.05, 0) is 36.7 Å². The third kappa shape index (κ3) is 3.86. The van der Waals surface area contributed by atoms with Crippen molar-refractivity contribution in [1.82, 2.24) is 29.1 Å². The highest BCUT2D eigenvalue weighted by atomic mass is 32.1. The van der Waals surface area contributed by atoms with Crippen LogP contribution in [-0.4, -0.2) is 66.5 Å². The van der Waals surface area contributed by atoms with Gasteiger partial charge in [0.15, 0.2) is 11.9 Å². The van der Waals surface area contributed by atoms with Crippen LogP contribution in [0.5, 0.6) is 5.88 Å². The molecule has 13 nitrogen and oxygen atoms in total. The van der Waals surface area contributed by atoms with Gasteiger partial charge in [0, 0.05) is 29.4 Å². The molecular formula is C24H22N8O5S. The second kappa shape index (κ2) is 9.16. The highest BCUT2D eigenvalue weighted by molar-refractivity contribution is 7.14. The number of rotatable bonds is 5. The van der Waals surface area contributed by atoms with Gasteiger partial charge in [0.25, 0.3) is 11.5 Å². The van der Waals surface area contributed by atoms with Crippen LogP contribution in [-0.2, 0) is 9.53 Å². The number of carbonyl (C=O) groups is 1. The van der Waals surface area contributed by atoms with Crippen molar-refractivity contribution in [3.63, 3.8) is 0 Å². The van der Waals surface area contributed by atoms with Crippen LogP contribution >= 0.6 is 11.5 Å². The quantitative estimate of drug-likeness (QED) is 0.299. The molecule has 38 heavy (non-hydrogen) atoms. The first kappa shape index (κ1) is 24.0. The maximum atomic E-state index is 13.4. The van der Waals surface area contributed by atoms with Gasteiger partial charge in [-0.2, -0.15) is 4.37 Å². The third-order valence-corrected chi connectivity index (χ3v) is 7.26. The highest BCUT2D eigenvalue weighted by Crippen LogP contribution is 2.31. The molecule has 4 aromatic heterocycles. The van der Waals surface area contributed by atoms with Gasteiger partial charge in [0.05, 0.1) is 41.6 Å². The minimum Gasteiger partial charge on any atom is -0.481 e. The summed E-state index contributed by atoms with van der Waals surface area (Å²) in [5.74, 6) is 0.576. The number of aliphatic hydroxyl groups excluding tert-OH is 1. The molecule has 5 heterocycles. The Morgan fingerprint density at radius 1 is 1.29 bits per heavy atom. The summed E-state index contributed by atoms with van der Waals surface area (Å²) in [5.41, 5.74) is 7.25. The minimum atomic E-state index is -1.52. The summed E-state index contributed by atoms with van der Waals surface area (Å²) in [6.45, 7) is 2.25. The number of nitrogen functional groups attached to an aromatic ring is 1. The lowest BCUT2D eigenvalue weighted by atomic mass is 10.1.